The molecule has 1 unspecified atom stereocenters. The Morgan fingerprint density at radius 3 is 3.00 bits per heavy atom. The number of nitrogens with two attached hydrogens (primary N) is 1. The van der Waals surface area contributed by atoms with Gasteiger partial charge in [0, 0.05) is 13.6 Å². The highest BCUT2D eigenvalue weighted by Gasteiger charge is 2.07. The molecule has 0 radical (unpaired) electrons. The number of hydrogen-bond donors (Lipinski definition) is 2. The standard InChI is InChI=1S/C9H16N2OS/c1-11(7-8(12)4-5-10)9-3-2-6-13-9/h2-3,6,8,12H,4-5,7,10H2,1H3. The first kappa shape index (κ1) is 10.5. The van der Waals surface area contributed by atoms with Gasteiger partial charge in [0.25, 0.3) is 0 Å². The third-order valence-electron chi connectivity index (χ3n) is 1.87. The number of thiophene rings is 1. The van der Waals surface area contributed by atoms with Gasteiger partial charge in [-0.1, -0.05) is 0 Å². The summed E-state index contributed by atoms with van der Waals surface area (Å²) in [4.78, 5) is 2.05. The van der Waals surface area contributed by atoms with Crippen LogP contribution < -0.4 is 10.6 Å². The van der Waals surface area contributed by atoms with Gasteiger partial charge >= 0.3 is 0 Å². The zero-order valence-electron chi connectivity index (χ0n) is 7.81. The van der Waals surface area contributed by atoms with Crippen LogP contribution in [-0.2, 0) is 0 Å². The first-order valence-corrected chi connectivity index (χ1v) is 5.24. The van der Waals surface area contributed by atoms with E-state index in [9.17, 15) is 5.11 Å². The second-order valence-electron chi connectivity index (χ2n) is 3.06. The van der Waals surface area contributed by atoms with E-state index in [1.807, 2.05) is 29.5 Å². The molecule has 1 rings (SSSR count). The van der Waals surface area contributed by atoms with E-state index in [0.29, 0.717) is 19.5 Å². The number of hydrogen-bond acceptors (Lipinski definition) is 4. The fourth-order valence-corrected chi connectivity index (χ4v) is 1.89. The van der Waals surface area contributed by atoms with E-state index in [-0.39, 0.29) is 6.10 Å². The van der Waals surface area contributed by atoms with Crippen LogP contribution in [0.2, 0.25) is 0 Å². The Labute approximate surface area is 82.8 Å². The largest absolute Gasteiger partial charge is 0.391 e. The van der Waals surface area contributed by atoms with E-state index in [1.54, 1.807) is 11.3 Å². The molecule has 1 atom stereocenters. The number of rotatable bonds is 5. The highest BCUT2D eigenvalue weighted by Crippen LogP contribution is 2.19. The molecule has 0 aliphatic carbocycles. The van der Waals surface area contributed by atoms with E-state index in [1.165, 1.54) is 5.00 Å². The van der Waals surface area contributed by atoms with Crippen molar-refractivity contribution in [3.63, 3.8) is 0 Å². The summed E-state index contributed by atoms with van der Waals surface area (Å²) < 4.78 is 0. The molecule has 0 aliphatic rings. The third kappa shape index (κ3) is 3.34. The molecule has 1 aromatic heterocycles. The molecule has 3 nitrogen and oxygen atoms in total. The van der Waals surface area contributed by atoms with Gasteiger partial charge in [0.05, 0.1) is 11.1 Å². The summed E-state index contributed by atoms with van der Waals surface area (Å²) in [6.07, 6.45) is 0.340. The van der Waals surface area contributed by atoms with Crippen LogP contribution in [0.4, 0.5) is 5.00 Å². The number of aliphatic hydroxyl groups is 1. The fourth-order valence-electron chi connectivity index (χ4n) is 1.18. The zero-order chi connectivity index (χ0) is 9.68. The van der Waals surface area contributed by atoms with E-state index in [4.69, 9.17) is 5.73 Å². The predicted octanol–water partition coefficient (Wildman–Crippen LogP) is 0.894. The summed E-state index contributed by atoms with van der Waals surface area (Å²) in [6.45, 7) is 1.19. The average molecular weight is 200 g/mol. The van der Waals surface area contributed by atoms with Crippen molar-refractivity contribution in [2.24, 2.45) is 5.73 Å². The smallest absolute Gasteiger partial charge is 0.0906 e. The Morgan fingerprint density at radius 2 is 2.46 bits per heavy atom. The van der Waals surface area contributed by atoms with Crippen molar-refractivity contribution in [1.82, 2.24) is 0 Å². The monoisotopic (exact) mass is 200 g/mol. The highest BCUT2D eigenvalue weighted by atomic mass is 32.1. The van der Waals surface area contributed by atoms with Crippen LogP contribution >= 0.6 is 11.3 Å². The van der Waals surface area contributed by atoms with Gasteiger partial charge < -0.3 is 15.7 Å². The van der Waals surface area contributed by atoms with Gasteiger partial charge in [-0.2, -0.15) is 0 Å². The topological polar surface area (TPSA) is 49.5 Å². The fraction of sp³-hybridized carbons (Fsp3) is 0.556. The maximum absolute atomic E-state index is 9.50. The second kappa shape index (κ2) is 5.21. The molecular formula is C9H16N2OS. The Morgan fingerprint density at radius 1 is 1.69 bits per heavy atom. The van der Waals surface area contributed by atoms with Gasteiger partial charge in [0.2, 0.25) is 0 Å². The quantitative estimate of drug-likeness (QED) is 0.742. The van der Waals surface area contributed by atoms with Crippen molar-refractivity contribution in [3.8, 4) is 0 Å². The molecule has 0 fully saturated rings. The molecule has 0 aromatic carbocycles. The molecule has 4 heteroatoms. The lowest BCUT2D eigenvalue weighted by atomic mass is 10.2. The van der Waals surface area contributed by atoms with Crippen molar-refractivity contribution >= 4 is 16.3 Å². The summed E-state index contributed by atoms with van der Waals surface area (Å²) >= 11 is 1.67. The first-order chi connectivity index (χ1) is 6.24. The molecule has 0 saturated heterocycles. The normalized spacial score (nSPS) is 12.8. The summed E-state index contributed by atoms with van der Waals surface area (Å²) in [5.74, 6) is 0. The minimum atomic E-state index is -0.322. The minimum Gasteiger partial charge on any atom is -0.391 e. The minimum absolute atomic E-state index is 0.322. The predicted molar refractivity (Wildman–Crippen MR) is 57.3 cm³/mol. The van der Waals surface area contributed by atoms with Crippen LogP contribution in [0, 0.1) is 0 Å². The molecule has 0 amide bonds. The van der Waals surface area contributed by atoms with Gasteiger partial charge in [-0.25, -0.2) is 0 Å². The van der Waals surface area contributed by atoms with Crippen LogP contribution in [0.5, 0.6) is 0 Å². The highest BCUT2D eigenvalue weighted by molar-refractivity contribution is 7.14. The Bertz CT molecular complexity index is 226. The van der Waals surface area contributed by atoms with Crippen LogP contribution in [0.1, 0.15) is 6.42 Å². The molecule has 0 aliphatic heterocycles. The second-order valence-corrected chi connectivity index (χ2v) is 3.99. The van der Waals surface area contributed by atoms with E-state index in [2.05, 4.69) is 0 Å². The third-order valence-corrected chi connectivity index (χ3v) is 2.85. The van der Waals surface area contributed by atoms with Crippen LogP contribution in [0.15, 0.2) is 17.5 Å². The van der Waals surface area contributed by atoms with E-state index in [0.717, 1.165) is 0 Å². The van der Waals surface area contributed by atoms with Crippen molar-refractivity contribution < 1.29 is 5.11 Å². The summed E-state index contributed by atoms with van der Waals surface area (Å²) in [6, 6.07) is 4.05. The lowest BCUT2D eigenvalue weighted by Crippen LogP contribution is -2.29. The molecule has 13 heavy (non-hydrogen) atoms. The van der Waals surface area contributed by atoms with Crippen molar-refractivity contribution in [3.05, 3.63) is 17.5 Å². The lowest BCUT2D eigenvalue weighted by molar-refractivity contribution is 0.174. The maximum Gasteiger partial charge on any atom is 0.0906 e. The molecule has 1 aromatic rings. The van der Waals surface area contributed by atoms with Gasteiger partial charge in [0.15, 0.2) is 0 Å². The zero-order valence-corrected chi connectivity index (χ0v) is 8.63. The molecule has 0 spiro atoms. The lowest BCUT2D eigenvalue weighted by Gasteiger charge is -2.20. The van der Waals surface area contributed by atoms with Crippen LogP contribution in [0.25, 0.3) is 0 Å². The van der Waals surface area contributed by atoms with E-state index < -0.39 is 0 Å². The Hall–Kier alpha value is -0.580. The average Bonchev–Trinajstić information content (AvgIpc) is 2.55. The first-order valence-electron chi connectivity index (χ1n) is 4.37. The Balaban J connectivity index is 2.37. The summed E-state index contributed by atoms with van der Waals surface area (Å²) in [7, 11) is 1.98. The molecular weight excluding hydrogens is 184 g/mol. The number of nitrogens with zero attached hydrogens (tertiary/aromatic N) is 1. The van der Waals surface area contributed by atoms with Gasteiger partial charge in [-0.15, -0.1) is 11.3 Å². The Kier molecular flexibility index (Phi) is 4.21. The van der Waals surface area contributed by atoms with Gasteiger partial charge in [0.1, 0.15) is 0 Å². The van der Waals surface area contributed by atoms with Gasteiger partial charge in [-0.05, 0) is 30.5 Å². The van der Waals surface area contributed by atoms with Crippen molar-refractivity contribution in [2.75, 3.05) is 25.0 Å². The van der Waals surface area contributed by atoms with Crippen molar-refractivity contribution in [2.45, 2.75) is 12.5 Å². The number of anilines is 1. The number of likely N-dealkylation sites (N-methyl/N-ethyl adjacent to an activating group) is 1. The van der Waals surface area contributed by atoms with Crippen LogP contribution in [0.3, 0.4) is 0 Å². The number of aliphatic hydroxyl groups excluding tert-OH is 1. The van der Waals surface area contributed by atoms with E-state index >= 15 is 0 Å². The summed E-state index contributed by atoms with van der Waals surface area (Å²) in [5, 5.41) is 12.7. The molecule has 0 bridgehead atoms. The van der Waals surface area contributed by atoms with Gasteiger partial charge in [-0.3, -0.25) is 0 Å². The van der Waals surface area contributed by atoms with Crippen LogP contribution in [-0.4, -0.2) is 31.3 Å². The molecule has 3 N–H and O–H groups in total. The maximum atomic E-state index is 9.50. The molecule has 0 saturated carbocycles. The SMILES string of the molecule is CN(CC(O)CCN)c1cccs1. The summed E-state index contributed by atoms with van der Waals surface area (Å²) in [5.41, 5.74) is 5.35. The van der Waals surface area contributed by atoms with Crippen molar-refractivity contribution in [1.29, 1.82) is 0 Å². The molecule has 1 heterocycles. The molecule has 74 valence electrons.